The lowest BCUT2D eigenvalue weighted by Gasteiger charge is -2.27. The minimum Gasteiger partial charge on any atom is -0.497 e. The molecule has 0 radical (unpaired) electrons. The molecule has 1 aliphatic rings. The summed E-state index contributed by atoms with van der Waals surface area (Å²) in [6.07, 6.45) is 2.13. The second kappa shape index (κ2) is 6.28. The van der Waals surface area contributed by atoms with Crippen LogP contribution in [0, 0.1) is 0 Å². The summed E-state index contributed by atoms with van der Waals surface area (Å²) in [4.78, 5) is 2.47. The minimum absolute atomic E-state index is 0.873. The Labute approximate surface area is 125 Å². The number of methoxy groups -OCH3 is 1. The predicted octanol–water partition coefficient (Wildman–Crippen LogP) is 1.50. The predicted molar refractivity (Wildman–Crippen MR) is 83.3 cm³/mol. The lowest BCUT2D eigenvalue weighted by atomic mass is 10.1. The van der Waals surface area contributed by atoms with E-state index in [1.165, 1.54) is 5.56 Å². The number of aryl methyl sites for hydroxylation is 1. The first kappa shape index (κ1) is 14.1. The van der Waals surface area contributed by atoms with Crippen molar-refractivity contribution in [2.45, 2.75) is 6.54 Å². The van der Waals surface area contributed by atoms with Gasteiger partial charge in [0.25, 0.3) is 0 Å². The summed E-state index contributed by atoms with van der Waals surface area (Å²) in [7, 11) is 3.67. The fraction of sp³-hybridized carbons (Fsp3) is 0.438. The first-order valence-electron chi connectivity index (χ1n) is 7.36. The molecule has 0 saturated carbocycles. The summed E-state index contributed by atoms with van der Waals surface area (Å²) in [6, 6.07) is 8.11. The molecule has 1 aromatic heterocycles. The van der Waals surface area contributed by atoms with Crippen LogP contribution in [0.4, 0.5) is 0 Å². The highest BCUT2D eigenvalue weighted by Gasteiger charge is 2.15. The van der Waals surface area contributed by atoms with E-state index in [0.29, 0.717) is 0 Å². The number of nitrogens with zero attached hydrogens (tertiary/aromatic N) is 3. The van der Waals surface area contributed by atoms with Gasteiger partial charge in [-0.2, -0.15) is 5.10 Å². The molecular formula is C16H22N4O. The van der Waals surface area contributed by atoms with E-state index in [1.54, 1.807) is 7.11 Å². The van der Waals surface area contributed by atoms with Crippen molar-refractivity contribution in [2.24, 2.45) is 7.05 Å². The summed E-state index contributed by atoms with van der Waals surface area (Å²) >= 11 is 0. The standard InChI is InChI=1S/C16H22N4O/c1-19-11-14(12-20-9-7-17-8-10-20)16(18-19)13-3-5-15(21-2)6-4-13/h3-6,11,17H,7-10,12H2,1-2H3. The minimum atomic E-state index is 0.873. The average Bonchev–Trinajstić information content (AvgIpc) is 2.89. The van der Waals surface area contributed by atoms with Gasteiger partial charge in [-0.05, 0) is 24.3 Å². The molecule has 1 fully saturated rings. The van der Waals surface area contributed by atoms with Crippen LogP contribution in [0.15, 0.2) is 30.5 Å². The van der Waals surface area contributed by atoms with Crippen molar-refractivity contribution >= 4 is 0 Å². The molecule has 1 N–H and O–H groups in total. The quantitative estimate of drug-likeness (QED) is 0.925. The molecule has 0 spiro atoms. The molecular weight excluding hydrogens is 264 g/mol. The molecule has 0 aliphatic carbocycles. The monoisotopic (exact) mass is 286 g/mol. The number of ether oxygens (including phenoxy) is 1. The zero-order valence-electron chi connectivity index (χ0n) is 12.7. The number of hydrogen-bond donors (Lipinski definition) is 1. The van der Waals surface area contributed by atoms with Crippen LogP contribution in [-0.4, -0.2) is 48.0 Å². The van der Waals surface area contributed by atoms with E-state index in [1.807, 2.05) is 23.9 Å². The third-order valence-electron chi connectivity index (χ3n) is 3.87. The third-order valence-corrected chi connectivity index (χ3v) is 3.87. The second-order valence-corrected chi connectivity index (χ2v) is 5.43. The van der Waals surface area contributed by atoms with Crippen molar-refractivity contribution in [3.63, 3.8) is 0 Å². The maximum atomic E-state index is 5.22. The topological polar surface area (TPSA) is 42.3 Å². The SMILES string of the molecule is COc1ccc(-c2nn(C)cc2CN2CCNCC2)cc1. The van der Waals surface area contributed by atoms with Gasteiger partial charge in [0.15, 0.2) is 0 Å². The van der Waals surface area contributed by atoms with Crippen LogP contribution in [0.25, 0.3) is 11.3 Å². The first-order chi connectivity index (χ1) is 10.3. The summed E-state index contributed by atoms with van der Waals surface area (Å²) in [5, 5.41) is 8.02. The zero-order chi connectivity index (χ0) is 14.7. The van der Waals surface area contributed by atoms with Crippen LogP contribution in [0.3, 0.4) is 0 Å². The van der Waals surface area contributed by atoms with Gasteiger partial charge in [-0.15, -0.1) is 0 Å². The van der Waals surface area contributed by atoms with Crippen molar-refractivity contribution in [1.82, 2.24) is 20.0 Å². The van der Waals surface area contributed by atoms with Gasteiger partial charge in [-0.3, -0.25) is 9.58 Å². The summed E-state index contributed by atoms with van der Waals surface area (Å²) in [5.41, 5.74) is 3.49. The molecule has 21 heavy (non-hydrogen) atoms. The van der Waals surface area contributed by atoms with E-state index in [2.05, 4.69) is 33.6 Å². The van der Waals surface area contributed by atoms with E-state index in [9.17, 15) is 0 Å². The van der Waals surface area contributed by atoms with Crippen LogP contribution in [0.1, 0.15) is 5.56 Å². The fourth-order valence-electron chi connectivity index (χ4n) is 2.76. The highest BCUT2D eigenvalue weighted by Crippen LogP contribution is 2.25. The molecule has 1 aliphatic heterocycles. The van der Waals surface area contributed by atoms with Gasteiger partial charge in [0.05, 0.1) is 12.8 Å². The largest absolute Gasteiger partial charge is 0.497 e. The zero-order valence-corrected chi connectivity index (χ0v) is 12.7. The van der Waals surface area contributed by atoms with Gasteiger partial charge >= 0.3 is 0 Å². The Kier molecular flexibility index (Phi) is 4.22. The summed E-state index contributed by atoms with van der Waals surface area (Å²) in [5.74, 6) is 0.873. The molecule has 2 aromatic rings. The Bertz CT molecular complexity index is 585. The van der Waals surface area contributed by atoms with Crippen molar-refractivity contribution in [3.8, 4) is 17.0 Å². The molecule has 3 rings (SSSR count). The first-order valence-corrected chi connectivity index (χ1v) is 7.36. The van der Waals surface area contributed by atoms with E-state index in [0.717, 1.165) is 49.7 Å². The Morgan fingerprint density at radius 1 is 1.19 bits per heavy atom. The molecule has 2 heterocycles. The Balaban J connectivity index is 1.83. The van der Waals surface area contributed by atoms with Gasteiger partial charge < -0.3 is 10.1 Å². The molecule has 0 amide bonds. The second-order valence-electron chi connectivity index (χ2n) is 5.43. The molecule has 0 unspecified atom stereocenters. The van der Waals surface area contributed by atoms with Gasteiger partial charge in [0.2, 0.25) is 0 Å². The Hall–Kier alpha value is -1.85. The van der Waals surface area contributed by atoms with Crippen molar-refractivity contribution < 1.29 is 4.74 Å². The number of nitrogens with one attached hydrogen (secondary N) is 1. The maximum absolute atomic E-state index is 5.22. The molecule has 0 atom stereocenters. The van der Waals surface area contributed by atoms with Crippen LogP contribution in [-0.2, 0) is 13.6 Å². The number of aromatic nitrogens is 2. The van der Waals surface area contributed by atoms with E-state index < -0.39 is 0 Å². The number of piperazine rings is 1. The average molecular weight is 286 g/mol. The molecule has 1 saturated heterocycles. The Morgan fingerprint density at radius 2 is 1.90 bits per heavy atom. The molecule has 1 aromatic carbocycles. The summed E-state index contributed by atoms with van der Waals surface area (Å²) < 4.78 is 7.12. The lowest BCUT2D eigenvalue weighted by Crippen LogP contribution is -2.42. The van der Waals surface area contributed by atoms with E-state index >= 15 is 0 Å². The van der Waals surface area contributed by atoms with Gasteiger partial charge in [0.1, 0.15) is 5.75 Å². The van der Waals surface area contributed by atoms with Gasteiger partial charge in [-0.25, -0.2) is 0 Å². The number of benzene rings is 1. The normalized spacial score (nSPS) is 16.1. The number of hydrogen-bond acceptors (Lipinski definition) is 4. The third kappa shape index (κ3) is 3.25. The van der Waals surface area contributed by atoms with Gasteiger partial charge in [0, 0.05) is 57.1 Å². The highest BCUT2D eigenvalue weighted by molar-refractivity contribution is 5.63. The maximum Gasteiger partial charge on any atom is 0.118 e. The molecule has 0 bridgehead atoms. The highest BCUT2D eigenvalue weighted by atomic mass is 16.5. The van der Waals surface area contributed by atoms with Crippen LogP contribution in [0.5, 0.6) is 5.75 Å². The lowest BCUT2D eigenvalue weighted by molar-refractivity contribution is 0.233. The molecule has 5 nitrogen and oxygen atoms in total. The smallest absolute Gasteiger partial charge is 0.118 e. The van der Waals surface area contributed by atoms with Crippen LogP contribution in [0.2, 0.25) is 0 Å². The van der Waals surface area contributed by atoms with Crippen molar-refractivity contribution in [3.05, 3.63) is 36.0 Å². The fourth-order valence-corrected chi connectivity index (χ4v) is 2.76. The van der Waals surface area contributed by atoms with Crippen LogP contribution >= 0.6 is 0 Å². The van der Waals surface area contributed by atoms with Crippen molar-refractivity contribution in [2.75, 3.05) is 33.3 Å². The van der Waals surface area contributed by atoms with Crippen molar-refractivity contribution in [1.29, 1.82) is 0 Å². The summed E-state index contributed by atoms with van der Waals surface area (Å²) in [6.45, 7) is 5.28. The van der Waals surface area contributed by atoms with Crippen LogP contribution < -0.4 is 10.1 Å². The van der Waals surface area contributed by atoms with Gasteiger partial charge in [-0.1, -0.05) is 0 Å². The molecule has 112 valence electrons. The molecule has 5 heteroatoms. The van der Waals surface area contributed by atoms with E-state index in [-0.39, 0.29) is 0 Å². The number of rotatable bonds is 4. The Morgan fingerprint density at radius 3 is 2.57 bits per heavy atom. The van der Waals surface area contributed by atoms with E-state index in [4.69, 9.17) is 4.74 Å².